The number of hydrogen-bond acceptors (Lipinski definition) is 4. The normalized spacial score (nSPS) is 12.1. The Bertz CT molecular complexity index is 528. The second kappa shape index (κ2) is 6.20. The number of aliphatic hydroxyl groups is 1. The van der Waals surface area contributed by atoms with E-state index in [1.54, 1.807) is 25.3 Å². The first-order chi connectivity index (χ1) is 9.19. The Labute approximate surface area is 112 Å². The molecule has 0 aliphatic rings. The Balaban J connectivity index is 2.11. The van der Waals surface area contributed by atoms with E-state index in [9.17, 15) is 5.11 Å². The van der Waals surface area contributed by atoms with Gasteiger partial charge in [0.2, 0.25) is 0 Å². The molecular formula is C15H17NO3. The number of pyridine rings is 1. The fraction of sp³-hybridized carbons (Fsp3) is 0.267. The van der Waals surface area contributed by atoms with Crippen molar-refractivity contribution in [3.05, 3.63) is 53.9 Å². The smallest absolute Gasteiger partial charge is 0.123 e. The van der Waals surface area contributed by atoms with E-state index in [0.717, 1.165) is 11.3 Å². The fourth-order valence-electron chi connectivity index (χ4n) is 1.73. The lowest BCUT2D eigenvalue weighted by Gasteiger charge is -2.13. The minimum Gasteiger partial charge on any atom is -0.508 e. The molecule has 0 bridgehead atoms. The number of benzene rings is 1. The van der Waals surface area contributed by atoms with Crippen molar-refractivity contribution in [1.29, 1.82) is 0 Å². The molecule has 1 unspecified atom stereocenters. The Kier molecular flexibility index (Phi) is 4.36. The van der Waals surface area contributed by atoms with Crippen LogP contribution in [-0.2, 0) is 6.42 Å². The van der Waals surface area contributed by atoms with Gasteiger partial charge in [0.25, 0.3) is 0 Å². The molecule has 0 aliphatic heterocycles. The molecule has 0 amide bonds. The van der Waals surface area contributed by atoms with E-state index in [2.05, 4.69) is 4.98 Å². The summed E-state index contributed by atoms with van der Waals surface area (Å²) in [6, 6.07) is 10.8. The van der Waals surface area contributed by atoms with Crippen LogP contribution in [-0.4, -0.2) is 27.9 Å². The molecule has 19 heavy (non-hydrogen) atoms. The summed E-state index contributed by atoms with van der Waals surface area (Å²) in [7, 11) is 0. The molecule has 2 rings (SSSR count). The molecule has 1 heterocycles. The number of nitrogens with zero attached hydrogens (tertiary/aromatic N) is 1. The van der Waals surface area contributed by atoms with E-state index >= 15 is 0 Å². The van der Waals surface area contributed by atoms with Crippen LogP contribution in [0.5, 0.6) is 11.5 Å². The predicted molar refractivity (Wildman–Crippen MR) is 72.3 cm³/mol. The molecule has 0 aliphatic carbocycles. The molecule has 1 atom stereocenters. The van der Waals surface area contributed by atoms with Gasteiger partial charge in [-0.15, -0.1) is 0 Å². The summed E-state index contributed by atoms with van der Waals surface area (Å²) in [5.41, 5.74) is 1.69. The van der Waals surface area contributed by atoms with E-state index in [0.29, 0.717) is 12.2 Å². The third kappa shape index (κ3) is 3.69. The average molecular weight is 259 g/mol. The molecule has 1 aromatic heterocycles. The molecule has 2 N–H and O–H groups in total. The van der Waals surface area contributed by atoms with Crippen molar-refractivity contribution in [3.8, 4) is 11.5 Å². The minimum atomic E-state index is -0.291. The number of phenolic OH excluding ortho intramolecular Hbond substituents is 1. The van der Waals surface area contributed by atoms with Crippen LogP contribution in [0.15, 0.2) is 42.6 Å². The van der Waals surface area contributed by atoms with Crippen molar-refractivity contribution < 1.29 is 14.9 Å². The third-order valence-corrected chi connectivity index (χ3v) is 2.75. The number of aromatic hydroxyl groups is 1. The molecule has 0 spiro atoms. The number of ether oxygens (including phenoxy) is 1. The van der Waals surface area contributed by atoms with Crippen LogP contribution in [0, 0.1) is 0 Å². The average Bonchev–Trinajstić information content (AvgIpc) is 2.43. The highest BCUT2D eigenvalue weighted by atomic mass is 16.5. The summed E-state index contributed by atoms with van der Waals surface area (Å²) in [5.74, 6) is 0.720. The monoisotopic (exact) mass is 259 g/mol. The van der Waals surface area contributed by atoms with Gasteiger partial charge in [0, 0.05) is 29.9 Å². The number of rotatable bonds is 5. The zero-order valence-electron chi connectivity index (χ0n) is 10.8. The summed E-state index contributed by atoms with van der Waals surface area (Å²) in [5, 5.41) is 18.9. The first-order valence-electron chi connectivity index (χ1n) is 6.18. The van der Waals surface area contributed by atoms with Crippen LogP contribution in [0.2, 0.25) is 0 Å². The third-order valence-electron chi connectivity index (χ3n) is 2.75. The van der Waals surface area contributed by atoms with Crippen LogP contribution in [0.4, 0.5) is 0 Å². The molecular weight excluding hydrogens is 242 g/mol. The van der Waals surface area contributed by atoms with Gasteiger partial charge in [0.05, 0.1) is 6.61 Å². The van der Waals surface area contributed by atoms with Crippen LogP contribution in [0.3, 0.4) is 0 Å². The number of hydrogen-bond donors (Lipinski definition) is 2. The molecule has 0 saturated heterocycles. The van der Waals surface area contributed by atoms with Crippen LogP contribution in [0.1, 0.15) is 18.2 Å². The number of phenols is 1. The maximum Gasteiger partial charge on any atom is 0.123 e. The summed E-state index contributed by atoms with van der Waals surface area (Å²) >= 11 is 0. The van der Waals surface area contributed by atoms with E-state index < -0.39 is 0 Å². The van der Waals surface area contributed by atoms with Crippen LogP contribution in [0.25, 0.3) is 0 Å². The fourth-order valence-corrected chi connectivity index (χ4v) is 1.73. The quantitative estimate of drug-likeness (QED) is 0.863. The van der Waals surface area contributed by atoms with Crippen molar-refractivity contribution in [2.24, 2.45) is 0 Å². The lowest BCUT2D eigenvalue weighted by molar-refractivity contribution is 0.129. The van der Waals surface area contributed by atoms with Gasteiger partial charge >= 0.3 is 0 Å². The first kappa shape index (κ1) is 13.4. The Hall–Kier alpha value is -2.07. The second-order valence-electron chi connectivity index (χ2n) is 4.40. The van der Waals surface area contributed by atoms with E-state index in [1.807, 2.05) is 24.3 Å². The Morgan fingerprint density at radius 1 is 1.26 bits per heavy atom. The molecule has 2 aromatic rings. The highest BCUT2D eigenvalue weighted by Gasteiger charge is 2.07. The van der Waals surface area contributed by atoms with Crippen LogP contribution < -0.4 is 4.74 Å². The lowest BCUT2D eigenvalue weighted by Crippen LogP contribution is -2.16. The Morgan fingerprint density at radius 3 is 2.74 bits per heavy atom. The van der Waals surface area contributed by atoms with Crippen molar-refractivity contribution in [1.82, 2.24) is 4.98 Å². The maximum absolute atomic E-state index is 9.97. The topological polar surface area (TPSA) is 62.6 Å². The van der Waals surface area contributed by atoms with Gasteiger partial charge in [0.1, 0.15) is 17.6 Å². The lowest BCUT2D eigenvalue weighted by atomic mass is 10.1. The molecule has 100 valence electrons. The SMILES string of the molecule is CC(CO)Oc1ccc(Cc2ccccn2)c(O)c1. The Morgan fingerprint density at radius 2 is 2.11 bits per heavy atom. The largest absolute Gasteiger partial charge is 0.508 e. The van der Waals surface area contributed by atoms with Gasteiger partial charge in [-0.3, -0.25) is 4.98 Å². The molecule has 0 radical (unpaired) electrons. The first-order valence-corrected chi connectivity index (χ1v) is 6.18. The standard InChI is InChI=1S/C15H17NO3/c1-11(10-17)19-14-6-5-12(15(18)9-14)8-13-4-2-3-7-16-13/h2-7,9,11,17-18H,8,10H2,1H3. The number of aromatic nitrogens is 1. The van der Waals surface area contributed by atoms with E-state index in [-0.39, 0.29) is 18.5 Å². The molecule has 1 aromatic carbocycles. The van der Waals surface area contributed by atoms with Crippen molar-refractivity contribution in [2.75, 3.05) is 6.61 Å². The summed E-state index contributed by atoms with van der Waals surface area (Å²) in [4.78, 5) is 4.22. The van der Waals surface area contributed by atoms with Gasteiger partial charge in [-0.25, -0.2) is 0 Å². The summed E-state index contributed by atoms with van der Waals surface area (Å²) in [6.45, 7) is 1.70. The van der Waals surface area contributed by atoms with Crippen LogP contribution >= 0.6 is 0 Å². The van der Waals surface area contributed by atoms with Gasteiger partial charge in [-0.2, -0.15) is 0 Å². The molecule has 0 fully saturated rings. The minimum absolute atomic E-state index is 0.0591. The van der Waals surface area contributed by atoms with E-state index in [1.165, 1.54) is 0 Å². The highest BCUT2D eigenvalue weighted by molar-refractivity contribution is 5.41. The summed E-state index contributed by atoms with van der Waals surface area (Å²) in [6.07, 6.45) is 2.01. The van der Waals surface area contributed by atoms with Gasteiger partial charge in [0.15, 0.2) is 0 Å². The second-order valence-corrected chi connectivity index (χ2v) is 4.40. The zero-order valence-corrected chi connectivity index (χ0v) is 10.8. The number of aliphatic hydroxyl groups excluding tert-OH is 1. The maximum atomic E-state index is 9.97. The van der Waals surface area contributed by atoms with Crippen molar-refractivity contribution in [3.63, 3.8) is 0 Å². The summed E-state index contributed by atoms with van der Waals surface area (Å²) < 4.78 is 5.42. The highest BCUT2D eigenvalue weighted by Crippen LogP contribution is 2.25. The molecule has 0 saturated carbocycles. The van der Waals surface area contributed by atoms with Crippen molar-refractivity contribution >= 4 is 0 Å². The molecule has 4 heteroatoms. The van der Waals surface area contributed by atoms with E-state index in [4.69, 9.17) is 9.84 Å². The zero-order chi connectivity index (χ0) is 13.7. The van der Waals surface area contributed by atoms with Gasteiger partial charge in [-0.1, -0.05) is 12.1 Å². The van der Waals surface area contributed by atoms with Gasteiger partial charge < -0.3 is 14.9 Å². The van der Waals surface area contributed by atoms with Crippen molar-refractivity contribution in [2.45, 2.75) is 19.4 Å². The predicted octanol–water partition coefficient (Wildman–Crippen LogP) is 2.14. The molecule has 4 nitrogen and oxygen atoms in total. The van der Waals surface area contributed by atoms with Gasteiger partial charge in [-0.05, 0) is 25.1 Å².